The Kier molecular flexibility index (Phi) is 3.81. The lowest BCUT2D eigenvalue weighted by atomic mass is 10.1. The quantitative estimate of drug-likeness (QED) is 0.768. The minimum atomic E-state index is 0.388. The minimum Gasteiger partial charge on any atom is -0.459 e. The predicted octanol–water partition coefficient (Wildman–Crippen LogP) is 3.61. The average molecular weight is 267 g/mol. The number of hydrogen-bond donors (Lipinski definition) is 1. The summed E-state index contributed by atoms with van der Waals surface area (Å²) in [6.07, 6.45) is 0. The van der Waals surface area contributed by atoms with Crippen molar-refractivity contribution in [1.29, 1.82) is 0 Å². The Balaban J connectivity index is 1.77. The zero-order valence-electron chi connectivity index (χ0n) is 11.2. The molecule has 0 bridgehead atoms. The highest BCUT2D eigenvalue weighted by Gasteiger charge is 2.12. The maximum absolute atomic E-state index is 5.80. The molecule has 1 heterocycles. The SMILES string of the molecule is NCc1oc2ccccc2c1COCc1ccccc1. The largest absolute Gasteiger partial charge is 0.459 e. The third kappa shape index (κ3) is 2.59. The van der Waals surface area contributed by atoms with Gasteiger partial charge in [0.05, 0.1) is 19.8 Å². The Hall–Kier alpha value is -2.10. The molecule has 20 heavy (non-hydrogen) atoms. The van der Waals surface area contributed by atoms with Crippen molar-refractivity contribution in [1.82, 2.24) is 0 Å². The summed E-state index contributed by atoms with van der Waals surface area (Å²) in [5, 5.41) is 1.08. The fraction of sp³-hybridized carbons (Fsp3) is 0.176. The molecule has 0 spiro atoms. The van der Waals surface area contributed by atoms with E-state index in [1.807, 2.05) is 42.5 Å². The summed E-state index contributed by atoms with van der Waals surface area (Å²) in [5.41, 5.74) is 8.83. The summed E-state index contributed by atoms with van der Waals surface area (Å²) < 4.78 is 11.5. The highest BCUT2D eigenvalue weighted by atomic mass is 16.5. The molecule has 0 radical (unpaired) electrons. The van der Waals surface area contributed by atoms with E-state index in [4.69, 9.17) is 14.9 Å². The fourth-order valence-corrected chi connectivity index (χ4v) is 2.32. The van der Waals surface area contributed by atoms with Gasteiger partial charge in [-0.2, -0.15) is 0 Å². The Morgan fingerprint density at radius 1 is 0.900 bits per heavy atom. The first kappa shape index (κ1) is 12.9. The third-order valence-electron chi connectivity index (χ3n) is 3.33. The predicted molar refractivity (Wildman–Crippen MR) is 79.0 cm³/mol. The molecule has 0 amide bonds. The van der Waals surface area contributed by atoms with Crippen molar-refractivity contribution in [3.63, 3.8) is 0 Å². The van der Waals surface area contributed by atoms with Gasteiger partial charge in [-0.05, 0) is 11.6 Å². The molecule has 0 fully saturated rings. The standard InChI is InChI=1S/C17H17NO2/c18-10-17-15(14-8-4-5-9-16(14)20-17)12-19-11-13-6-2-1-3-7-13/h1-9H,10-12,18H2. The summed E-state index contributed by atoms with van der Waals surface area (Å²) in [6, 6.07) is 18.1. The van der Waals surface area contributed by atoms with Gasteiger partial charge in [0.1, 0.15) is 11.3 Å². The number of para-hydroxylation sites is 1. The van der Waals surface area contributed by atoms with Crippen LogP contribution < -0.4 is 5.73 Å². The normalized spacial score (nSPS) is 11.1. The molecule has 0 aliphatic carbocycles. The zero-order chi connectivity index (χ0) is 13.8. The van der Waals surface area contributed by atoms with E-state index in [1.54, 1.807) is 0 Å². The molecule has 3 aromatic rings. The third-order valence-corrected chi connectivity index (χ3v) is 3.33. The number of furan rings is 1. The van der Waals surface area contributed by atoms with Crippen LogP contribution in [0.4, 0.5) is 0 Å². The molecule has 102 valence electrons. The Bertz CT molecular complexity index is 689. The first-order valence-electron chi connectivity index (χ1n) is 6.69. The number of benzene rings is 2. The summed E-state index contributed by atoms with van der Waals surface area (Å²) in [7, 11) is 0. The number of ether oxygens (including phenoxy) is 1. The van der Waals surface area contributed by atoms with Crippen LogP contribution in [0.1, 0.15) is 16.9 Å². The molecule has 0 saturated carbocycles. The van der Waals surface area contributed by atoms with Gasteiger partial charge in [0.25, 0.3) is 0 Å². The van der Waals surface area contributed by atoms with Crippen molar-refractivity contribution in [2.45, 2.75) is 19.8 Å². The smallest absolute Gasteiger partial charge is 0.134 e. The molecule has 3 heteroatoms. The molecule has 0 unspecified atom stereocenters. The van der Waals surface area contributed by atoms with Gasteiger partial charge in [-0.1, -0.05) is 48.5 Å². The van der Waals surface area contributed by atoms with Crippen molar-refractivity contribution in [3.8, 4) is 0 Å². The maximum atomic E-state index is 5.80. The lowest BCUT2D eigenvalue weighted by Gasteiger charge is -2.04. The van der Waals surface area contributed by atoms with Gasteiger partial charge >= 0.3 is 0 Å². The van der Waals surface area contributed by atoms with E-state index in [0.717, 1.165) is 27.9 Å². The Labute approximate surface area is 118 Å². The van der Waals surface area contributed by atoms with Crippen molar-refractivity contribution in [2.24, 2.45) is 5.73 Å². The Morgan fingerprint density at radius 2 is 1.65 bits per heavy atom. The highest BCUT2D eigenvalue weighted by Crippen LogP contribution is 2.26. The topological polar surface area (TPSA) is 48.4 Å². The molecule has 0 atom stereocenters. The van der Waals surface area contributed by atoms with Crippen molar-refractivity contribution in [3.05, 3.63) is 71.5 Å². The molecule has 2 N–H and O–H groups in total. The number of hydrogen-bond acceptors (Lipinski definition) is 3. The maximum Gasteiger partial charge on any atom is 0.134 e. The number of nitrogens with two attached hydrogens (primary N) is 1. The van der Waals surface area contributed by atoms with Crippen LogP contribution in [0.15, 0.2) is 59.0 Å². The molecule has 3 nitrogen and oxygen atoms in total. The first-order chi connectivity index (χ1) is 9.88. The average Bonchev–Trinajstić information content (AvgIpc) is 2.87. The lowest BCUT2D eigenvalue weighted by Crippen LogP contribution is -2.01. The molecular formula is C17H17NO2. The Morgan fingerprint density at radius 3 is 2.45 bits per heavy atom. The second-order valence-electron chi connectivity index (χ2n) is 4.68. The van der Waals surface area contributed by atoms with Crippen LogP contribution in [-0.4, -0.2) is 0 Å². The zero-order valence-corrected chi connectivity index (χ0v) is 11.2. The second-order valence-corrected chi connectivity index (χ2v) is 4.68. The number of rotatable bonds is 5. The van der Waals surface area contributed by atoms with Crippen molar-refractivity contribution in [2.75, 3.05) is 0 Å². The van der Waals surface area contributed by atoms with Gasteiger partial charge < -0.3 is 14.9 Å². The summed E-state index contributed by atoms with van der Waals surface area (Å²) in [4.78, 5) is 0. The van der Waals surface area contributed by atoms with Gasteiger partial charge in [-0.3, -0.25) is 0 Å². The van der Waals surface area contributed by atoms with E-state index < -0.39 is 0 Å². The van der Waals surface area contributed by atoms with Gasteiger partial charge in [-0.15, -0.1) is 0 Å². The van der Waals surface area contributed by atoms with Gasteiger partial charge in [0, 0.05) is 10.9 Å². The highest BCUT2D eigenvalue weighted by molar-refractivity contribution is 5.82. The fourth-order valence-electron chi connectivity index (χ4n) is 2.32. The summed E-state index contributed by atoms with van der Waals surface area (Å²) in [5.74, 6) is 0.805. The van der Waals surface area contributed by atoms with E-state index >= 15 is 0 Å². The van der Waals surface area contributed by atoms with E-state index in [2.05, 4.69) is 12.1 Å². The van der Waals surface area contributed by atoms with Crippen LogP contribution in [0, 0.1) is 0 Å². The van der Waals surface area contributed by atoms with E-state index in [9.17, 15) is 0 Å². The van der Waals surface area contributed by atoms with Crippen LogP contribution >= 0.6 is 0 Å². The number of fused-ring (bicyclic) bond motifs is 1. The van der Waals surface area contributed by atoms with Crippen LogP contribution in [0.5, 0.6) is 0 Å². The van der Waals surface area contributed by atoms with Gasteiger partial charge in [0.2, 0.25) is 0 Å². The van der Waals surface area contributed by atoms with Crippen LogP contribution in [-0.2, 0) is 24.5 Å². The summed E-state index contributed by atoms with van der Waals surface area (Å²) in [6.45, 7) is 1.49. The van der Waals surface area contributed by atoms with Crippen molar-refractivity contribution < 1.29 is 9.15 Å². The second kappa shape index (κ2) is 5.90. The molecule has 1 aromatic heterocycles. The van der Waals surface area contributed by atoms with Gasteiger partial charge in [-0.25, -0.2) is 0 Å². The van der Waals surface area contributed by atoms with Crippen LogP contribution in [0.2, 0.25) is 0 Å². The molecule has 3 rings (SSSR count). The molecular weight excluding hydrogens is 250 g/mol. The van der Waals surface area contributed by atoms with E-state index in [-0.39, 0.29) is 0 Å². The molecule has 2 aromatic carbocycles. The monoisotopic (exact) mass is 267 g/mol. The van der Waals surface area contributed by atoms with Crippen molar-refractivity contribution >= 4 is 11.0 Å². The molecule has 0 saturated heterocycles. The van der Waals surface area contributed by atoms with Gasteiger partial charge in [0.15, 0.2) is 0 Å². The van der Waals surface area contributed by atoms with Crippen LogP contribution in [0.25, 0.3) is 11.0 Å². The van der Waals surface area contributed by atoms with Crippen LogP contribution in [0.3, 0.4) is 0 Å². The summed E-state index contributed by atoms with van der Waals surface area (Å²) >= 11 is 0. The molecule has 0 aliphatic heterocycles. The first-order valence-corrected chi connectivity index (χ1v) is 6.69. The minimum absolute atomic E-state index is 0.388. The molecule has 0 aliphatic rings. The van der Waals surface area contributed by atoms with E-state index in [0.29, 0.717) is 19.8 Å². The van der Waals surface area contributed by atoms with E-state index in [1.165, 1.54) is 0 Å². The lowest BCUT2D eigenvalue weighted by molar-refractivity contribution is 0.106.